The normalized spacial score (nSPS) is 32.9. The fourth-order valence-corrected chi connectivity index (χ4v) is 4.78. The molecule has 0 saturated carbocycles. The van der Waals surface area contributed by atoms with E-state index in [9.17, 15) is 24.4 Å². The Labute approximate surface area is 178 Å². The summed E-state index contributed by atoms with van der Waals surface area (Å²) in [6, 6.07) is 7.66. The Kier molecular flexibility index (Phi) is 5.32. The molecule has 1 unspecified atom stereocenters. The Morgan fingerprint density at radius 3 is 2.71 bits per heavy atom. The highest BCUT2D eigenvalue weighted by Gasteiger charge is 2.61. The third-order valence-electron chi connectivity index (χ3n) is 5.27. The van der Waals surface area contributed by atoms with Crippen molar-refractivity contribution in [3.8, 4) is 5.75 Å². The SMILES string of the molecule is [B]C([B])(OP1(=O)OCc2ccccc2O1)[C@@]1(C)O[C@@H](n2ccc(=O)[nH]c2=O)[C@H](O)[C@@H]1O. The van der Waals surface area contributed by atoms with Crippen LogP contribution in [0.2, 0.25) is 0 Å². The third-order valence-corrected chi connectivity index (χ3v) is 6.66. The fraction of sp³-hybridized carbons (Fsp3) is 0.412. The van der Waals surface area contributed by atoms with Crippen molar-refractivity contribution >= 4 is 23.5 Å². The Balaban J connectivity index is 1.62. The average Bonchev–Trinajstić information content (AvgIpc) is 2.93. The zero-order chi connectivity index (χ0) is 22.6. The second-order valence-corrected chi connectivity index (χ2v) is 8.89. The fourth-order valence-electron chi connectivity index (χ4n) is 3.37. The van der Waals surface area contributed by atoms with Gasteiger partial charge in [-0.05, 0) is 13.0 Å². The molecule has 5 atom stereocenters. The molecule has 1 aromatic carbocycles. The molecule has 4 rings (SSSR count). The topological polar surface area (TPSA) is 149 Å². The summed E-state index contributed by atoms with van der Waals surface area (Å²) in [5, 5.41) is 18.6. The van der Waals surface area contributed by atoms with Gasteiger partial charge in [0, 0.05) is 23.2 Å². The minimum Gasteiger partial charge on any atom is -0.404 e. The maximum Gasteiger partial charge on any atom is 0.529 e. The number of aliphatic hydroxyl groups excluding tert-OH is 2. The van der Waals surface area contributed by atoms with E-state index in [1.165, 1.54) is 6.92 Å². The Morgan fingerprint density at radius 1 is 1.29 bits per heavy atom. The highest BCUT2D eigenvalue weighted by molar-refractivity contribution is 7.49. The molecule has 0 bridgehead atoms. The number of phosphoric acid groups is 1. The van der Waals surface area contributed by atoms with Crippen LogP contribution < -0.4 is 15.8 Å². The number of H-pyrrole nitrogens is 1. The van der Waals surface area contributed by atoms with E-state index in [-0.39, 0.29) is 12.4 Å². The quantitative estimate of drug-likeness (QED) is 0.409. The smallest absolute Gasteiger partial charge is 0.404 e. The molecule has 14 heteroatoms. The number of aromatic nitrogens is 2. The molecule has 2 aliphatic heterocycles. The monoisotopic (exact) mass is 446 g/mol. The van der Waals surface area contributed by atoms with Crippen LogP contribution in [0, 0.1) is 0 Å². The van der Waals surface area contributed by atoms with Crippen molar-refractivity contribution in [1.29, 1.82) is 0 Å². The molecule has 0 aliphatic carbocycles. The first kappa shape index (κ1) is 22.1. The number of benzene rings is 1. The average molecular weight is 446 g/mol. The van der Waals surface area contributed by atoms with Crippen molar-refractivity contribution < 1.29 is 33.1 Å². The minimum atomic E-state index is -4.36. The summed E-state index contributed by atoms with van der Waals surface area (Å²) in [5.74, 6) is 0.239. The lowest BCUT2D eigenvalue weighted by atomic mass is 9.55. The number of fused-ring (bicyclic) bond motifs is 1. The molecule has 1 saturated heterocycles. The number of para-hydroxylation sites is 1. The van der Waals surface area contributed by atoms with Gasteiger partial charge in [0.2, 0.25) is 0 Å². The van der Waals surface area contributed by atoms with Crippen molar-refractivity contribution in [2.45, 2.75) is 43.0 Å². The van der Waals surface area contributed by atoms with Gasteiger partial charge in [-0.1, -0.05) is 18.2 Å². The van der Waals surface area contributed by atoms with Crippen LogP contribution in [0.3, 0.4) is 0 Å². The second kappa shape index (κ2) is 7.47. The van der Waals surface area contributed by atoms with Gasteiger partial charge >= 0.3 is 13.5 Å². The molecule has 0 spiro atoms. The molecule has 1 fully saturated rings. The summed E-state index contributed by atoms with van der Waals surface area (Å²) in [7, 11) is 7.70. The van der Waals surface area contributed by atoms with Crippen molar-refractivity contribution in [2.24, 2.45) is 0 Å². The summed E-state index contributed by atoms with van der Waals surface area (Å²) in [6.07, 6.45) is -3.93. The summed E-state index contributed by atoms with van der Waals surface area (Å²) < 4.78 is 35.3. The molecule has 31 heavy (non-hydrogen) atoms. The van der Waals surface area contributed by atoms with Crippen LogP contribution in [-0.2, 0) is 25.0 Å². The molecule has 1 aromatic heterocycles. The van der Waals surface area contributed by atoms with Gasteiger partial charge in [0.15, 0.2) is 6.23 Å². The van der Waals surface area contributed by atoms with Crippen molar-refractivity contribution in [3.63, 3.8) is 0 Å². The number of hydrogen-bond donors (Lipinski definition) is 3. The zero-order valence-corrected chi connectivity index (χ0v) is 17.1. The van der Waals surface area contributed by atoms with E-state index in [1.807, 2.05) is 4.98 Å². The number of aromatic amines is 1. The summed E-state index contributed by atoms with van der Waals surface area (Å²) in [5.41, 5.74) is -3.05. The molecule has 3 N–H and O–H groups in total. The van der Waals surface area contributed by atoms with Gasteiger partial charge in [-0.3, -0.25) is 23.4 Å². The first-order chi connectivity index (χ1) is 14.5. The number of aliphatic hydroxyl groups is 2. The van der Waals surface area contributed by atoms with Gasteiger partial charge in [-0.15, -0.1) is 0 Å². The van der Waals surface area contributed by atoms with Crippen LogP contribution in [0.25, 0.3) is 0 Å². The largest absolute Gasteiger partial charge is 0.529 e. The van der Waals surface area contributed by atoms with Crippen molar-refractivity contribution in [3.05, 3.63) is 62.9 Å². The number of hydrogen-bond acceptors (Lipinski definition) is 9. The van der Waals surface area contributed by atoms with E-state index in [1.54, 1.807) is 24.3 Å². The predicted molar refractivity (Wildman–Crippen MR) is 107 cm³/mol. The number of phosphoric ester groups is 1. The van der Waals surface area contributed by atoms with Crippen LogP contribution in [0.1, 0.15) is 18.7 Å². The highest BCUT2D eigenvalue weighted by atomic mass is 31.2. The Bertz CT molecular complexity index is 1170. The maximum atomic E-state index is 13.0. The van der Waals surface area contributed by atoms with E-state index < -0.39 is 48.5 Å². The number of ether oxygens (including phenoxy) is 1. The molecule has 11 nitrogen and oxygen atoms in total. The number of rotatable bonds is 4. The van der Waals surface area contributed by atoms with Crippen LogP contribution in [0.4, 0.5) is 0 Å². The maximum absolute atomic E-state index is 13.0. The first-order valence-electron chi connectivity index (χ1n) is 9.12. The predicted octanol–water partition coefficient (Wildman–Crippen LogP) is -0.729. The van der Waals surface area contributed by atoms with E-state index >= 15 is 0 Å². The lowest BCUT2D eigenvalue weighted by molar-refractivity contribution is -0.142. The second-order valence-electron chi connectivity index (χ2n) is 7.37. The summed E-state index contributed by atoms with van der Waals surface area (Å²) in [6.45, 7) is 1.09. The van der Waals surface area contributed by atoms with Crippen LogP contribution in [0.15, 0.2) is 46.1 Å². The summed E-state index contributed by atoms with van der Waals surface area (Å²) >= 11 is 0. The van der Waals surface area contributed by atoms with Gasteiger partial charge in [0.1, 0.15) is 39.3 Å². The first-order valence-corrected chi connectivity index (χ1v) is 10.6. The molecule has 0 amide bonds. The van der Waals surface area contributed by atoms with Crippen molar-refractivity contribution in [1.82, 2.24) is 9.55 Å². The Hall–Kier alpha value is -2.14. The zero-order valence-electron chi connectivity index (χ0n) is 16.2. The third kappa shape index (κ3) is 3.71. The molecular weight excluding hydrogens is 429 g/mol. The van der Waals surface area contributed by atoms with E-state index in [0.717, 1.165) is 16.8 Å². The van der Waals surface area contributed by atoms with E-state index in [0.29, 0.717) is 5.56 Å². The summed E-state index contributed by atoms with van der Waals surface area (Å²) in [4.78, 5) is 25.4. The van der Waals surface area contributed by atoms with Crippen molar-refractivity contribution in [2.75, 3.05) is 0 Å². The van der Waals surface area contributed by atoms with Gasteiger partial charge in [-0.2, -0.15) is 0 Å². The Morgan fingerprint density at radius 2 is 2.00 bits per heavy atom. The van der Waals surface area contributed by atoms with Gasteiger partial charge in [0.05, 0.1) is 6.61 Å². The molecule has 2 aromatic rings. The molecule has 4 radical (unpaired) electrons. The highest BCUT2D eigenvalue weighted by Crippen LogP contribution is 2.58. The molecular formula is C17H17B2N2O9P. The van der Waals surface area contributed by atoms with Gasteiger partial charge < -0.3 is 19.5 Å². The van der Waals surface area contributed by atoms with E-state index in [4.69, 9.17) is 34.0 Å². The minimum absolute atomic E-state index is 0.109. The standard InChI is InChI=1S/C17H17B2N2O9P/c1-16(13(24)12(23)14(28-16)21-7-6-11(22)20-15(21)25)17(18,19)30-31(26)27-8-9-4-2-3-5-10(9)29-31/h2-7,12-14,23-24H,8H2,1H3,(H,20,22,25)/t12-,13+,14-,16+,31?/m1/s1. The van der Waals surface area contributed by atoms with Crippen LogP contribution in [-0.4, -0.2) is 58.7 Å². The van der Waals surface area contributed by atoms with Gasteiger partial charge in [-0.25, -0.2) is 9.36 Å². The lowest BCUT2D eigenvalue weighted by Gasteiger charge is -2.44. The van der Waals surface area contributed by atoms with Crippen LogP contribution >= 0.6 is 7.82 Å². The van der Waals surface area contributed by atoms with Crippen LogP contribution in [0.5, 0.6) is 5.75 Å². The van der Waals surface area contributed by atoms with E-state index in [2.05, 4.69) is 0 Å². The molecule has 2 aliphatic rings. The molecule has 3 heterocycles. The lowest BCUT2D eigenvalue weighted by Crippen LogP contribution is -2.61. The molecule has 160 valence electrons. The number of nitrogens with one attached hydrogen (secondary N) is 1. The van der Waals surface area contributed by atoms with Gasteiger partial charge in [0.25, 0.3) is 5.56 Å². The number of nitrogens with zero attached hydrogens (tertiary/aromatic N) is 1.